The van der Waals surface area contributed by atoms with E-state index in [9.17, 15) is 0 Å². The summed E-state index contributed by atoms with van der Waals surface area (Å²) in [5.41, 5.74) is 1.78. The molecule has 0 aromatic carbocycles. The third kappa shape index (κ3) is 9.11. The van der Waals surface area contributed by atoms with E-state index in [-0.39, 0.29) is 5.54 Å². The maximum atomic E-state index is 5.34. The van der Waals surface area contributed by atoms with E-state index in [2.05, 4.69) is 74.7 Å². The van der Waals surface area contributed by atoms with Crippen LogP contribution in [-0.2, 0) is 6.42 Å². The average Bonchev–Trinajstić information content (AvgIpc) is 3.06. The van der Waals surface area contributed by atoms with Gasteiger partial charge in [-0.2, -0.15) is 0 Å². The number of aromatic nitrogens is 2. The number of ether oxygens (including phenoxy) is 1. The van der Waals surface area contributed by atoms with Crippen molar-refractivity contribution in [3.63, 3.8) is 0 Å². The second kappa shape index (κ2) is 11.7. The topological polar surface area (TPSA) is 42.3 Å². The largest absolute Gasteiger partial charge is 0.480 e. The number of methoxy groups -OCH3 is 1. The first kappa shape index (κ1) is 25.9. The summed E-state index contributed by atoms with van der Waals surface area (Å²) < 4.78 is 7.46. The van der Waals surface area contributed by atoms with Gasteiger partial charge in [0.15, 0.2) is 0 Å². The highest BCUT2D eigenvalue weighted by atomic mass is 16.5. The number of rotatable bonds is 3. The van der Waals surface area contributed by atoms with Crippen LogP contribution in [0.15, 0.2) is 6.20 Å². The fraction of sp³-hybridized carbons (Fsp3) is 0.864. The van der Waals surface area contributed by atoms with Crippen molar-refractivity contribution < 1.29 is 4.74 Å². The Labute approximate surface area is 168 Å². The van der Waals surface area contributed by atoms with Crippen molar-refractivity contribution in [1.29, 1.82) is 0 Å². The zero-order valence-electron chi connectivity index (χ0n) is 19.9. The number of aryl methyl sites for hydroxylation is 1. The Morgan fingerprint density at radius 3 is 1.89 bits per heavy atom. The highest BCUT2D eigenvalue weighted by Gasteiger charge is 2.28. The SMILES string of the molecule is CC.CCc1cn(C2CCN(C(C)(C)C)CC2)nc1OC.CNC(C)(C)C. The van der Waals surface area contributed by atoms with Gasteiger partial charge >= 0.3 is 0 Å². The summed E-state index contributed by atoms with van der Waals surface area (Å²) in [6, 6.07) is 0.521. The first-order valence-electron chi connectivity index (χ1n) is 10.6. The number of nitrogens with zero attached hydrogens (tertiary/aromatic N) is 3. The van der Waals surface area contributed by atoms with Crippen LogP contribution >= 0.6 is 0 Å². The van der Waals surface area contributed by atoms with Crippen LogP contribution in [-0.4, -0.2) is 53.0 Å². The molecule has 5 nitrogen and oxygen atoms in total. The Bertz CT molecular complexity index is 482. The molecule has 2 rings (SSSR count). The van der Waals surface area contributed by atoms with Crippen LogP contribution in [0.1, 0.15) is 86.8 Å². The van der Waals surface area contributed by atoms with Crippen LogP contribution < -0.4 is 10.1 Å². The molecule has 0 amide bonds. The zero-order chi connectivity index (χ0) is 21.3. The number of hydrogen-bond acceptors (Lipinski definition) is 4. The molecule has 0 bridgehead atoms. The molecule has 0 saturated carbocycles. The zero-order valence-corrected chi connectivity index (χ0v) is 19.9. The minimum Gasteiger partial charge on any atom is -0.480 e. The molecule has 0 atom stereocenters. The molecule has 0 radical (unpaired) electrons. The first-order chi connectivity index (χ1) is 12.5. The van der Waals surface area contributed by atoms with Crippen molar-refractivity contribution >= 4 is 0 Å². The summed E-state index contributed by atoms with van der Waals surface area (Å²) in [5.74, 6) is 0.792. The fourth-order valence-electron chi connectivity index (χ4n) is 2.82. The Morgan fingerprint density at radius 1 is 1.11 bits per heavy atom. The van der Waals surface area contributed by atoms with E-state index in [1.807, 2.05) is 20.9 Å². The van der Waals surface area contributed by atoms with Crippen molar-refractivity contribution in [3.8, 4) is 5.88 Å². The maximum Gasteiger partial charge on any atom is 0.235 e. The number of piperidine rings is 1. The first-order valence-corrected chi connectivity index (χ1v) is 10.6. The van der Waals surface area contributed by atoms with E-state index in [0.29, 0.717) is 11.6 Å². The van der Waals surface area contributed by atoms with Gasteiger partial charge in [-0.05, 0) is 67.9 Å². The summed E-state index contributed by atoms with van der Waals surface area (Å²) >= 11 is 0. The summed E-state index contributed by atoms with van der Waals surface area (Å²) in [7, 11) is 3.66. The molecular weight excluding hydrogens is 336 g/mol. The van der Waals surface area contributed by atoms with E-state index in [1.54, 1.807) is 7.11 Å². The lowest BCUT2D eigenvalue weighted by Crippen LogP contribution is -2.46. The highest BCUT2D eigenvalue weighted by molar-refractivity contribution is 5.23. The highest BCUT2D eigenvalue weighted by Crippen LogP contribution is 2.28. The normalized spacial score (nSPS) is 16.1. The van der Waals surface area contributed by atoms with Crippen LogP contribution in [0.3, 0.4) is 0 Å². The van der Waals surface area contributed by atoms with E-state index in [4.69, 9.17) is 4.74 Å². The standard InChI is InChI=1S/C15H27N3O.C5H13N.C2H6/c1-6-12-11-18(16-14(12)19-5)13-7-9-17(10-8-13)15(2,3)4;1-5(2,3)6-4;1-2/h11,13H,6-10H2,1-5H3;6H,1-4H3;1-2H3. The monoisotopic (exact) mass is 382 g/mol. The predicted octanol–water partition coefficient (Wildman–Crippen LogP) is 4.92. The van der Waals surface area contributed by atoms with Gasteiger partial charge < -0.3 is 10.1 Å². The third-order valence-corrected chi connectivity index (χ3v) is 4.88. The molecule has 5 heteroatoms. The fourth-order valence-corrected chi connectivity index (χ4v) is 2.82. The van der Waals surface area contributed by atoms with Gasteiger partial charge in [-0.25, -0.2) is 0 Å². The maximum absolute atomic E-state index is 5.34. The van der Waals surface area contributed by atoms with E-state index >= 15 is 0 Å². The summed E-state index contributed by atoms with van der Waals surface area (Å²) in [6.45, 7) is 21.7. The Balaban J connectivity index is 0.000000722. The molecule has 27 heavy (non-hydrogen) atoms. The quantitative estimate of drug-likeness (QED) is 0.806. The molecule has 1 aliphatic heterocycles. The van der Waals surface area contributed by atoms with Crippen molar-refractivity contribution in [3.05, 3.63) is 11.8 Å². The van der Waals surface area contributed by atoms with Crippen LogP contribution in [0.5, 0.6) is 5.88 Å². The lowest BCUT2D eigenvalue weighted by atomic mass is 9.98. The number of hydrogen-bond donors (Lipinski definition) is 1. The van der Waals surface area contributed by atoms with Crippen molar-refractivity contribution in [2.45, 2.75) is 98.7 Å². The van der Waals surface area contributed by atoms with E-state index in [1.165, 1.54) is 18.4 Å². The molecule has 1 aromatic heterocycles. The van der Waals surface area contributed by atoms with Crippen molar-refractivity contribution in [2.75, 3.05) is 27.2 Å². The van der Waals surface area contributed by atoms with Crippen LogP contribution in [0, 0.1) is 0 Å². The molecule has 1 aromatic rings. The summed E-state index contributed by atoms with van der Waals surface area (Å²) in [5, 5.41) is 7.69. The van der Waals surface area contributed by atoms with Gasteiger partial charge in [0.2, 0.25) is 5.88 Å². The average molecular weight is 383 g/mol. The van der Waals surface area contributed by atoms with Gasteiger partial charge in [0, 0.05) is 35.9 Å². The molecule has 1 aliphatic rings. The van der Waals surface area contributed by atoms with Crippen molar-refractivity contribution in [1.82, 2.24) is 20.0 Å². The smallest absolute Gasteiger partial charge is 0.235 e. The van der Waals surface area contributed by atoms with Gasteiger partial charge in [-0.3, -0.25) is 9.58 Å². The minimum absolute atomic E-state index is 0.279. The lowest BCUT2D eigenvalue weighted by molar-refractivity contribution is 0.0867. The predicted molar refractivity (Wildman–Crippen MR) is 118 cm³/mol. The van der Waals surface area contributed by atoms with Crippen molar-refractivity contribution in [2.24, 2.45) is 0 Å². The van der Waals surface area contributed by atoms with Crippen LogP contribution in [0.4, 0.5) is 0 Å². The van der Waals surface area contributed by atoms with Gasteiger partial charge in [-0.15, -0.1) is 5.10 Å². The molecule has 2 heterocycles. The van der Waals surface area contributed by atoms with Gasteiger partial charge in [0.05, 0.1) is 13.2 Å². The van der Waals surface area contributed by atoms with Gasteiger partial charge in [0.1, 0.15) is 0 Å². The Hall–Kier alpha value is -1.07. The molecule has 1 saturated heterocycles. The summed E-state index contributed by atoms with van der Waals surface area (Å²) in [4.78, 5) is 2.56. The van der Waals surface area contributed by atoms with E-state index in [0.717, 1.165) is 25.4 Å². The summed E-state index contributed by atoms with van der Waals surface area (Å²) in [6.07, 6.45) is 5.48. The van der Waals surface area contributed by atoms with Gasteiger partial charge in [-0.1, -0.05) is 20.8 Å². The minimum atomic E-state index is 0.279. The molecule has 0 aliphatic carbocycles. The molecule has 0 unspecified atom stereocenters. The van der Waals surface area contributed by atoms with Crippen LogP contribution in [0.25, 0.3) is 0 Å². The molecular formula is C22H46N4O. The van der Waals surface area contributed by atoms with E-state index < -0.39 is 0 Å². The Morgan fingerprint density at radius 2 is 1.59 bits per heavy atom. The molecule has 1 N–H and O–H groups in total. The second-order valence-electron chi connectivity index (χ2n) is 8.89. The molecule has 0 spiro atoms. The van der Waals surface area contributed by atoms with Crippen LogP contribution in [0.2, 0.25) is 0 Å². The lowest BCUT2D eigenvalue weighted by Gasteiger charge is -2.40. The second-order valence-corrected chi connectivity index (χ2v) is 8.89. The number of likely N-dealkylation sites (tertiary alicyclic amines) is 1. The molecule has 1 fully saturated rings. The third-order valence-electron chi connectivity index (χ3n) is 4.88. The molecule has 160 valence electrons. The number of nitrogens with one attached hydrogen (secondary N) is 1. The Kier molecular flexibility index (Phi) is 11.2. The van der Waals surface area contributed by atoms with Gasteiger partial charge in [0.25, 0.3) is 0 Å².